The average molecular weight is 266 g/mol. The van der Waals surface area contributed by atoms with Crippen LogP contribution in [0.5, 0.6) is 0 Å². The van der Waals surface area contributed by atoms with Gasteiger partial charge in [-0.05, 0) is 24.1 Å². The number of aromatic carboxylic acids is 1. The summed E-state index contributed by atoms with van der Waals surface area (Å²) < 4.78 is 4.90. The molecule has 4 N–H and O–H groups in total. The van der Waals surface area contributed by atoms with Crippen molar-refractivity contribution in [1.82, 2.24) is 5.32 Å². The summed E-state index contributed by atoms with van der Waals surface area (Å²) in [7, 11) is 1.42. The number of ether oxygens (including phenoxy) is 1. The molecule has 1 aromatic carbocycles. The molecule has 1 atom stereocenters. The second kappa shape index (κ2) is 7.50. The van der Waals surface area contributed by atoms with E-state index < -0.39 is 12.1 Å². The van der Waals surface area contributed by atoms with Gasteiger partial charge in [-0.25, -0.2) is 4.79 Å². The van der Waals surface area contributed by atoms with Crippen LogP contribution in [0.15, 0.2) is 24.3 Å². The van der Waals surface area contributed by atoms with Crippen molar-refractivity contribution in [3.05, 3.63) is 35.4 Å². The Hall–Kier alpha value is -1.92. The molecule has 0 aliphatic heterocycles. The minimum absolute atomic E-state index is 0.122. The third-order valence-electron chi connectivity index (χ3n) is 2.68. The largest absolute Gasteiger partial charge is 0.478 e. The number of rotatable bonds is 7. The molecule has 0 radical (unpaired) electrons. The summed E-state index contributed by atoms with van der Waals surface area (Å²) >= 11 is 0. The molecule has 0 saturated carbocycles. The lowest BCUT2D eigenvalue weighted by atomic mass is 10.1. The first-order valence-electron chi connectivity index (χ1n) is 5.91. The number of carbonyl (C=O) groups is 2. The Morgan fingerprint density at radius 2 is 2.21 bits per heavy atom. The normalized spacial score (nSPS) is 11.9. The first kappa shape index (κ1) is 15.1. The molecule has 104 valence electrons. The number of carboxylic acid groups (broad SMARTS) is 1. The first-order chi connectivity index (χ1) is 9.08. The van der Waals surface area contributed by atoms with E-state index >= 15 is 0 Å². The second-order valence-electron chi connectivity index (χ2n) is 4.01. The van der Waals surface area contributed by atoms with E-state index in [1.54, 1.807) is 12.1 Å². The molecule has 0 aliphatic rings. The van der Waals surface area contributed by atoms with Gasteiger partial charge in [0.25, 0.3) is 0 Å². The Bertz CT molecular complexity index is 444. The molecular formula is C13H18N2O4. The van der Waals surface area contributed by atoms with Crippen molar-refractivity contribution in [1.29, 1.82) is 0 Å². The number of nitrogens with one attached hydrogen (secondary N) is 1. The highest BCUT2D eigenvalue weighted by atomic mass is 16.5. The fourth-order valence-corrected chi connectivity index (χ4v) is 1.61. The van der Waals surface area contributed by atoms with Crippen molar-refractivity contribution >= 4 is 11.9 Å². The van der Waals surface area contributed by atoms with E-state index in [4.69, 9.17) is 15.6 Å². The van der Waals surface area contributed by atoms with E-state index in [-0.39, 0.29) is 18.0 Å². The lowest BCUT2D eigenvalue weighted by molar-refractivity contribution is -0.130. The highest BCUT2D eigenvalue weighted by Crippen LogP contribution is 2.05. The minimum atomic E-state index is -0.964. The molecule has 1 aromatic rings. The maximum absolute atomic E-state index is 11.6. The molecule has 0 fully saturated rings. The fraction of sp³-hybridized carbons (Fsp3) is 0.385. The molecule has 6 nitrogen and oxygen atoms in total. The van der Waals surface area contributed by atoms with Gasteiger partial charge in [0.05, 0.1) is 5.56 Å². The van der Waals surface area contributed by atoms with E-state index in [9.17, 15) is 9.59 Å². The van der Waals surface area contributed by atoms with Crippen LogP contribution in [0.3, 0.4) is 0 Å². The number of nitrogens with two attached hydrogens (primary N) is 1. The Morgan fingerprint density at radius 3 is 2.79 bits per heavy atom. The molecule has 1 unspecified atom stereocenters. The predicted octanol–water partition coefficient (Wildman–Crippen LogP) is 0.0172. The van der Waals surface area contributed by atoms with Crippen molar-refractivity contribution < 1.29 is 19.4 Å². The molecule has 1 amide bonds. The second-order valence-corrected chi connectivity index (χ2v) is 4.01. The van der Waals surface area contributed by atoms with Crippen LogP contribution in [0.2, 0.25) is 0 Å². The van der Waals surface area contributed by atoms with Crippen LogP contribution in [0, 0.1) is 0 Å². The molecule has 6 heteroatoms. The average Bonchev–Trinajstić information content (AvgIpc) is 2.40. The van der Waals surface area contributed by atoms with Crippen LogP contribution in [0.4, 0.5) is 0 Å². The van der Waals surface area contributed by atoms with E-state index in [0.717, 1.165) is 5.56 Å². The number of benzene rings is 1. The number of carboxylic acids is 1. The van der Waals surface area contributed by atoms with Gasteiger partial charge in [0.1, 0.15) is 6.10 Å². The zero-order valence-electron chi connectivity index (χ0n) is 10.8. The Labute approximate surface area is 111 Å². The smallest absolute Gasteiger partial charge is 0.335 e. The number of methoxy groups -OCH3 is 1. The summed E-state index contributed by atoms with van der Waals surface area (Å²) in [5.74, 6) is -1.23. The Kier molecular flexibility index (Phi) is 5.98. The van der Waals surface area contributed by atoms with Crippen LogP contribution >= 0.6 is 0 Å². The zero-order chi connectivity index (χ0) is 14.3. The monoisotopic (exact) mass is 266 g/mol. The van der Waals surface area contributed by atoms with Gasteiger partial charge in [0.15, 0.2) is 0 Å². The summed E-state index contributed by atoms with van der Waals surface area (Å²) in [5.41, 5.74) is 6.45. The molecular weight excluding hydrogens is 248 g/mol. The summed E-state index contributed by atoms with van der Waals surface area (Å²) in [4.78, 5) is 22.4. The fourth-order valence-electron chi connectivity index (χ4n) is 1.61. The summed E-state index contributed by atoms with van der Waals surface area (Å²) in [5, 5.41) is 11.5. The highest BCUT2D eigenvalue weighted by Gasteiger charge is 2.14. The third-order valence-corrected chi connectivity index (χ3v) is 2.68. The summed E-state index contributed by atoms with van der Waals surface area (Å²) in [6.45, 7) is 0.526. The minimum Gasteiger partial charge on any atom is -0.478 e. The summed E-state index contributed by atoms with van der Waals surface area (Å²) in [6.07, 6.45) is -0.0984. The molecule has 0 heterocycles. The molecule has 0 bridgehead atoms. The van der Waals surface area contributed by atoms with E-state index in [1.165, 1.54) is 13.2 Å². The Balaban J connectivity index is 2.47. The van der Waals surface area contributed by atoms with Gasteiger partial charge in [-0.1, -0.05) is 12.1 Å². The molecule has 19 heavy (non-hydrogen) atoms. The van der Waals surface area contributed by atoms with Crippen molar-refractivity contribution in [2.75, 3.05) is 20.2 Å². The quantitative estimate of drug-likeness (QED) is 0.645. The Morgan fingerprint density at radius 1 is 1.47 bits per heavy atom. The van der Waals surface area contributed by atoms with Crippen molar-refractivity contribution in [2.45, 2.75) is 12.5 Å². The van der Waals surface area contributed by atoms with Crippen LogP contribution < -0.4 is 11.1 Å². The van der Waals surface area contributed by atoms with Crippen LogP contribution in [-0.4, -0.2) is 43.3 Å². The van der Waals surface area contributed by atoms with E-state index in [1.807, 2.05) is 6.07 Å². The topological polar surface area (TPSA) is 102 Å². The highest BCUT2D eigenvalue weighted by molar-refractivity contribution is 5.87. The number of hydrogen-bond acceptors (Lipinski definition) is 4. The maximum Gasteiger partial charge on any atom is 0.335 e. The first-order valence-corrected chi connectivity index (χ1v) is 5.91. The summed E-state index contributed by atoms with van der Waals surface area (Å²) in [6, 6.07) is 6.61. The van der Waals surface area contributed by atoms with Crippen LogP contribution in [-0.2, 0) is 16.0 Å². The van der Waals surface area contributed by atoms with Gasteiger partial charge in [0, 0.05) is 20.2 Å². The number of amides is 1. The van der Waals surface area contributed by atoms with Crippen molar-refractivity contribution in [3.63, 3.8) is 0 Å². The molecule has 0 spiro atoms. The van der Waals surface area contributed by atoms with Gasteiger partial charge in [0.2, 0.25) is 5.91 Å². The number of carbonyl (C=O) groups excluding carboxylic acids is 1. The molecule has 0 saturated heterocycles. The molecule has 0 aliphatic carbocycles. The van der Waals surface area contributed by atoms with Gasteiger partial charge in [-0.2, -0.15) is 0 Å². The van der Waals surface area contributed by atoms with Gasteiger partial charge in [-0.15, -0.1) is 0 Å². The van der Waals surface area contributed by atoms with E-state index in [2.05, 4.69) is 5.32 Å². The maximum atomic E-state index is 11.6. The van der Waals surface area contributed by atoms with Crippen molar-refractivity contribution in [3.8, 4) is 0 Å². The number of hydrogen-bond donors (Lipinski definition) is 3. The van der Waals surface area contributed by atoms with Crippen LogP contribution in [0.25, 0.3) is 0 Å². The molecule has 1 rings (SSSR count). The van der Waals surface area contributed by atoms with Gasteiger partial charge in [-0.3, -0.25) is 4.79 Å². The zero-order valence-corrected chi connectivity index (χ0v) is 10.8. The third kappa shape index (κ3) is 4.69. The van der Waals surface area contributed by atoms with Crippen molar-refractivity contribution in [2.24, 2.45) is 5.73 Å². The lowest BCUT2D eigenvalue weighted by Gasteiger charge is -2.13. The van der Waals surface area contributed by atoms with Gasteiger partial charge >= 0.3 is 5.97 Å². The lowest BCUT2D eigenvalue weighted by Crippen LogP contribution is -2.41. The van der Waals surface area contributed by atoms with E-state index in [0.29, 0.717) is 13.0 Å². The molecule has 0 aromatic heterocycles. The van der Waals surface area contributed by atoms with Gasteiger partial charge < -0.3 is 20.9 Å². The van der Waals surface area contributed by atoms with Crippen LogP contribution in [0.1, 0.15) is 15.9 Å². The standard InChI is InChI=1S/C13H18N2O4/c1-19-11(8-14)12(16)15-6-5-9-3-2-4-10(7-9)13(17)18/h2-4,7,11H,5-6,8,14H2,1H3,(H,15,16)(H,17,18). The predicted molar refractivity (Wildman–Crippen MR) is 70.0 cm³/mol. The SMILES string of the molecule is COC(CN)C(=O)NCCc1cccc(C(=O)O)c1.